The first-order chi connectivity index (χ1) is 7.58. The van der Waals surface area contributed by atoms with E-state index in [1.165, 1.54) is 11.0 Å². The molecule has 0 aliphatic heterocycles. The van der Waals surface area contributed by atoms with Crippen LogP contribution >= 0.6 is 0 Å². The lowest BCUT2D eigenvalue weighted by Crippen LogP contribution is -2.29. The summed E-state index contributed by atoms with van der Waals surface area (Å²) in [6.07, 6.45) is 2.26. The molecule has 1 amide bonds. The fraction of sp³-hybridized carbons (Fsp3) is 0.417. The van der Waals surface area contributed by atoms with Gasteiger partial charge in [-0.1, -0.05) is 0 Å². The van der Waals surface area contributed by atoms with Gasteiger partial charge in [-0.3, -0.25) is 4.79 Å². The van der Waals surface area contributed by atoms with Crippen molar-refractivity contribution in [1.29, 1.82) is 0 Å². The summed E-state index contributed by atoms with van der Waals surface area (Å²) >= 11 is 0. The number of amides is 1. The molecule has 0 heterocycles. The van der Waals surface area contributed by atoms with Crippen LogP contribution in [0.1, 0.15) is 23.2 Å². The number of hydrogen-bond donors (Lipinski definition) is 0. The van der Waals surface area contributed by atoms with Gasteiger partial charge in [0.15, 0.2) is 0 Å². The minimum Gasteiger partial charge on any atom is -0.341 e. The van der Waals surface area contributed by atoms with E-state index < -0.39 is 11.6 Å². The minimum absolute atomic E-state index is 0.0652. The van der Waals surface area contributed by atoms with E-state index in [1.54, 1.807) is 7.05 Å². The van der Waals surface area contributed by atoms with Gasteiger partial charge >= 0.3 is 0 Å². The van der Waals surface area contributed by atoms with Crippen LogP contribution in [0, 0.1) is 17.6 Å². The molecule has 1 aromatic rings. The number of rotatable bonds is 3. The van der Waals surface area contributed by atoms with Crippen LogP contribution in [0.15, 0.2) is 18.2 Å². The number of carbonyl (C=O) groups is 1. The summed E-state index contributed by atoms with van der Waals surface area (Å²) in [6.45, 7) is 0.648. The van der Waals surface area contributed by atoms with Crippen LogP contribution in [-0.2, 0) is 0 Å². The SMILES string of the molecule is CN(CC1CC1)C(=O)c1ccc(F)cc1F. The monoisotopic (exact) mass is 225 g/mol. The Morgan fingerprint density at radius 1 is 1.44 bits per heavy atom. The minimum atomic E-state index is -0.798. The van der Waals surface area contributed by atoms with Crippen LogP contribution in [0.3, 0.4) is 0 Å². The van der Waals surface area contributed by atoms with Gasteiger partial charge in [0.1, 0.15) is 11.6 Å². The molecule has 0 N–H and O–H groups in total. The first kappa shape index (κ1) is 11.0. The Kier molecular flexibility index (Phi) is 2.90. The third-order valence-corrected chi connectivity index (χ3v) is 2.74. The number of halogens is 2. The molecular weight excluding hydrogens is 212 g/mol. The van der Waals surface area contributed by atoms with E-state index in [4.69, 9.17) is 0 Å². The molecule has 1 aromatic carbocycles. The fourth-order valence-corrected chi connectivity index (χ4v) is 1.64. The zero-order valence-electron chi connectivity index (χ0n) is 9.04. The average Bonchev–Trinajstić information content (AvgIpc) is 3.00. The molecule has 1 aliphatic rings. The summed E-state index contributed by atoms with van der Waals surface area (Å²) in [5.74, 6) is -1.30. The molecule has 2 rings (SSSR count). The van der Waals surface area contributed by atoms with Crippen LogP contribution < -0.4 is 0 Å². The van der Waals surface area contributed by atoms with E-state index in [-0.39, 0.29) is 11.5 Å². The Balaban J connectivity index is 2.12. The molecule has 1 saturated carbocycles. The predicted molar refractivity (Wildman–Crippen MR) is 56.0 cm³/mol. The Labute approximate surface area is 92.9 Å². The van der Waals surface area contributed by atoms with Crippen molar-refractivity contribution in [1.82, 2.24) is 4.90 Å². The Morgan fingerprint density at radius 3 is 2.69 bits per heavy atom. The van der Waals surface area contributed by atoms with Gasteiger partial charge in [-0.05, 0) is 30.9 Å². The molecule has 2 nitrogen and oxygen atoms in total. The van der Waals surface area contributed by atoms with Crippen molar-refractivity contribution in [2.75, 3.05) is 13.6 Å². The maximum Gasteiger partial charge on any atom is 0.256 e. The van der Waals surface area contributed by atoms with E-state index >= 15 is 0 Å². The summed E-state index contributed by atoms with van der Waals surface area (Å²) in [6, 6.07) is 3.02. The third-order valence-electron chi connectivity index (χ3n) is 2.74. The van der Waals surface area contributed by atoms with Crippen molar-refractivity contribution in [3.63, 3.8) is 0 Å². The highest BCUT2D eigenvalue weighted by Gasteiger charge is 2.26. The molecular formula is C12H13F2NO. The highest BCUT2D eigenvalue weighted by molar-refractivity contribution is 5.94. The third kappa shape index (κ3) is 2.38. The van der Waals surface area contributed by atoms with Gasteiger partial charge in [-0.2, -0.15) is 0 Å². The molecule has 1 aliphatic carbocycles. The second kappa shape index (κ2) is 4.20. The molecule has 86 valence electrons. The normalized spacial score (nSPS) is 14.9. The largest absolute Gasteiger partial charge is 0.341 e. The van der Waals surface area contributed by atoms with Crippen molar-refractivity contribution < 1.29 is 13.6 Å². The molecule has 0 saturated heterocycles. The molecule has 4 heteroatoms. The van der Waals surface area contributed by atoms with Crippen molar-refractivity contribution in [2.24, 2.45) is 5.92 Å². The number of nitrogens with zero attached hydrogens (tertiary/aromatic N) is 1. The second-order valence-corrected chi connectivity index (χ2v) is 4.25. The van der Waals surface area contributed by atoms with Gasteiger partial charge in [0.25, 0.3) is 5.91 Å². The second-order valence-electron chi connectivity index (χ2n) is 4.25. The van der Waals surface area contributed by atoms with E-state index in [2.05, 4.69) is 0 Å². The standard InChI is InChI=1S/C12H13F2NO/c1-15(7-8-2-3-8)12(16)10-5-4-9(13)6-11(10)14/h4-6,8H,2-3,7H2,1H3. The van der Waals surface area contributed by atoms with Gasteiger partial charge in [0, 0.05) is 19.7 Å². The van der Waals surface area contributed by atoms with Gasteiger partial charge in [-0.25, -0.2) is 8.78 Å². The molecule has 16 heavy (non-hydrogen) atoms. The highest BCUT2D eigenvalue weighted by Crippen LogP contribution is 2.29. The lowest BCUT2D eigenvalue weighted by Gasteiger charge is -2.17. The van der Waals surface area contributed by atoms with Crippen LogP contribution in [0.5, 0.6) is 0 Å². The van der Waals surface area contributed by atoms with E-state index in [0.29, 0.717) is 12.5 Å². The topological polar surface area (TPSA) is 20.3 Å². The van der Waals surface area contributed by atoms with Crippen LogP contribution in [0.2, 0.25) is 0 Å². The zero-order valence-corrected chi connectivity index (χ0v) is 9.04. The first-order valence-electron chi connectivity index (χ1n) is 5.28. The maximum absolute atomic E-state index is 13.3. The molecule has 0 radical (unpaired) electrons. The lowest BCUT2D eigenvalue weighted by atomic mass is 10.2. The molecule has 1 fully saturated rings. The van der Waals surface area contributed by atoms with Gasteiger partial charge < -0.3 is 4.90 Å². The maximum atomic E-state index is 13.3. The van der Waals surface area contributed by atoms with Gasteiger partial charge in [-0.15, -0.1) is 0 Å². The van der Waals surface area contributed by atoms with Crippen LogP contribution in [-0.4, -0.2) is 24.4 Å². The molecule has 0 atom stereocenters. The van der Waals surface area contributed by atoms with E-state index in [0.717, 1.165) is 25.0 Å². The van der Waals surface area contributed by atoms with Crippen molar-refractivity contribution in [2.45, 2.75) is 12.8 Å². The van der Waals surface area contributed by atoms with Crippen LogP contribution in [0.4, 0.5) is 8.78 Å². The fourth-order valence-electron chi connectivity index (χ4n) is 1.64. The summed E-state index contributed by atoms with van der Waals surface area (Å²) in [5, 5.41) is 0. The molecule has 0 bridgehead atoms. The lowest BCUT2D eigenvalue weighted by molar-refractivity contribution is 0.0784. The number of carbonyl (C=O) groups excluding carboxylic acids is 1. The van der Waals surface area contributed by atoms with Crippen molar-refractivity contribution in [3.05, 3.63) is 35.4 Å². The Hall–Kier alpha value is -1.45. The molecule has 0 unspecified atom stereocenters. The van der Waals surface area contributed by atoms with E-state index in [9.17, 15) is 13.6 Å². The smallest absolute Gasteiger partial charge is 0.256 e. The first-order valence-corrected chi connectivity index (χ1v) is 5.28. The molecule has 0 spiro atoms. The number of hydrogen-bond acceptors (Lipinski definition) is 1. The van der Waals surface area contributed by atoms with Crippen molar-refractivity contribution in [3.8, 4) is 0 Å². The predicted octanol–water partition coefficient (Wildman–Crippen LogP) is 2.45. The quantitative estimate of drug-likeness (QED) is 0.773. The summed E-state index contributed by atoms with van der Waals surface area (Å²) in [5.41, 5.74) is -0.0652. The summed E-state index contributed by atoms with van der Waals surface area (Å²) in [4.78, 5) is 13.3. The Bertz CT molecular complexity index is 415. The van der Waals surface area contributed by atoms with Gasteiger partial charge in [0.05, 0.1) is 5.56 Å². The zero-order chi connectivity index (χ0) is 11.7. The Morgan fingerprint density at radius 2 is 2.12 bits per heavy atom. The summed E-state index contributed by atoms with van der Waals surface area (Å²) in [7, 11) is 1.64. The van der Waals surface area contributed by atoms with Gasteiger partial charge in [0.2, 0.25) is 0 Å². The highest BCUT2D eigenvalue weighted by atomic mass is 19.1. The number of benzene rings is 1. The van der Waals surface area contributed by atoms with Crippen molar-refractivity contribution >= 4 is 5.91 Å². The summed E-state index contributed by atoms with van der Waals surface area (Å²) < 4.78 is 26.0. The van der Waals surface area contributed by atoms with Crippen LogP contribution in [0.25, 0.3) is 0 Å². The van der Waals surface area contributed by atoms with E-state index in [1.807, 2.05) is 0 Å². The molecule has 0 aromatic heterocycles. The average molecular weight is 225 g/mol.